The SMILES string of the molecule is CN(CCc1cc(C(F)(F)F)cc(C(F)(F)F)c1)C(=O)CN1CCC(N2CCCOC2=O)CC1. The average Bonchev–Trinajstić information content (AvgIpc) is 2.77. The van der Waals surface area contributed by atoms with Gasteiger partial charge in [0.2, 0.25) is 5.91 Å². The number of carbonyl (C=O) groups is 2. The van der Waals surface area contributed by atoms with E-state index >= 15 is 0 Å². The lowest BCUT2D eigenvalue weighted by atomic mass is 10.0. The molecule has 0 unspecified atom stereocenters. The van der Waals surface area contributed by atoms with Crippen LogP contribution >= 0.6 is 0 Å². The Labute approximate surface area is 193 Å². The van der Waals surface area contributed by atoms with E-state index in [1.165, 1.54) is 11.9 Å². The van der Waals surface area contributed by atoms with Gasteiger partial charge in [-0.25, -0.2) is 4.79 Å². The van der Waals surface area contributed by atoms with Crippen molar-refractivity contribution in [3.8, 4) is 0 Å². The van der Waals surface area contributed by atoms with Gasteiger partial charge in [0.05, 0.1) is 24.3 Å². The highest BCUT2D eigenvalue weighted by atomic mass is 19.4. The van der Waals surface area contributed by atoms with Crippen LogP contribution in [0.25, 0.3) is 0 Å². The number of likely N-dealkylation sites (N-methyl/N-ethyl adjacent to an activating group) is 1. The molecule has 2 fully saturated rings. The predicted molar refractivity (Wildman–Crippen MR) is 110 cm³/mol. The molecule has 2 heterocycles. The Kier molecular flexibility index (Phi) is 7.99. The maximum Gasteiger partial charge on any atom is 0.416 e. The molecule has 2 saturated heterocycles. The third kappa shape index (κ3) is 6.77. The summed E-state index contributed by atoms with van der Waals surface area (Å²) in [6, 6.07) is 1.51. The standard InChI is InChI=1S/C22H27F6N3O3/c1-29(7-3-15-11-16(21(23,24)25)13-17(12-15)22(26,27)28)19(32)14-30-8-4-18(5-9-30)31-6-2-10-34-20(31)33/h11-13,18H,2-10,14H2,1H3. The van der Waals surface area contributed by atoms with Gasteiger partial charge in [-0.15, -0.1) is 0 Å². The monoisotopic (exact) mass is 495 g/mol. The second-order valence-corrected chi connectivity index (χ2v) is 8.65. The van der Waals surface area contributed by atoms with Crippen LogP contribution in [0.2, 0.25) is 0 Å². The second-order valence-electron chi connectivity index (χ2n) is 8.65. The number of alkyl halides is 6. The molecule has 0 radical (unpaired) electrons. The summed E-state index contributed by atoms with van der Waals surface area (Å²) in [5.41, 5.74) is -2.88. The summed E-state index contributed by atoms with van der Waals surface area (Å²) < 4.78 is 83.2. The zero-order valence-electron chi connectivity index (χ0n) is 18.7. The first-order valence-corrected chi connectivity index (χ1v) is 11.0. The van der Waals surface area contributed by atoms with Crippen LogP contribution in [0.1, 0.15) is 36.0 Å². The van der Waals surface area contributed by atoms with Gasteiger partial charge in [0.1, 0.15) is 0 Å². The first-order chi connectivity index (χ1) is 15.8. The van der Waals surface area contributed by atoms with Crippen molar-refractivity contribution < 1.29 is 40.7 Å². The molecule has 2 aliphatic rings. The third-order valence-electron chi connectivity index (χ3n) is 6.17. The molecule has 0 saturated carbocycles. The molecule has 0 aromatic heterocycles. The van der Waals surface area contributed by atoms with E-state index in [0.717, 1.165) is 6.42 Å². The number of piperidine rings is 1. The first kappa shape index (κ1) is 26.1. The number of benzene rings is 1. The van der Waals surface area contributed by atoms with Crippen molar-refractivity contribution in [1.29, 1.82) is 0 Å². The fourth-order valence-electron chi connectivity index (χ4n) is 4.19. The Hall–Kier alpha value is -2.50. The summed E-state index contributed by atoms with van der Waals surface area (Å²) in [7, 11) is 1.47. The van der Waals surface area contributed by atoms with Gasteiger partial charge in [0, 0.05) is 39.3 Å². The van der Waals surface area contributed by atoms with Crippen LogP contribution in [0.4, 0.5) is 31.1 Å². The summed E-state index contributed by atoms with van der Waals surface area (Å²) in [6.07, 6.45) is -8.11. The van der Waals surface area contributed by atoms with Crippen molar-refractivity contribution in [1.82, 2.24) is 14.7 Å². The minimum Gasteiger partial charge on any atom is -0.449 e. The molecule has 0 atom stereocenters. The van der Waals surface area contributed by atoms with Crippen molar-refractivity contribution in [2.45, 2.75) is 44.1 Å². The van der Waals surface area contributed by atoms with Crippen LogP contribution in [0, 0.1) is 0 Å². The minimum atomic E-state index is -4.91. The molecule has 0 aliphatic carbocycles. The van der Waals surface area contributed by atoms with Crippen LogP contribution in [0.5, 0.6) is 0 Å². The van der Waals surface area contributed by atoms with E-state index in [9.17, 15) is 35.9 Å². The predicted octanol–water partition coefficient (Wildman–Crippen LogP) is 4.03. The van der Waals surface area contributed by atoms with Crippen LogP contribution in [-0.4, -0.2) is 79.1 Å². The van der Waals surface area contributed by atoms with Crippen LogP contribution in [0.15, 0.2) is 18.2 Å². The molecule has 1 aromatic rings. The fourth-order valence-corrected chi connectivity index (χ4v) is 4.19. The van der Waals surface area contributed by atoms with Crippen LogP contribution < -0.4 is 0 Å². The molecular formula is C22H27F6N3O3. The number of amides is 2. The summed E-state index contributed by atoms with van der Waals surface area (Å²) >= 11 is 0. The molecule has 12 heteroatoms. The minimum absolute atomic E-state index is 0.0203. The lowest BCUT2D eigenvalue weighted by molar-refractivity contribution is -0.143. The highest BCUT2D eigenvalue weighted by Gasteiger charge is 2.37. The molecular weight excluding hydrogens is 468 g/mol. The van der Waals surface area contributed by atoms with E-state index in [4.69, 9.17) is 4.74 Å². The highest BCUT2D eigenvalue weighted by molar-refractivity contribution is 5.78. The van der Waals surface area contributed by atoms with Gasteiger partial charge in [-0.3, -0.25) is 9.69 Å². The summed E-state index contributed by atoms with van der Waals surface area (Å²) in [6.45, 7) is 2.33. The second kappa shape index (κ2) is 10.4. The average molecular weight is 495 g/mol. The fraction of sp³-hybridized carbons (Fsp3) is 0.636. The molecule has 3 rings (SSSR count). The summed E-state index contributed by atoms with van der Waals surface area (Å²) in [5, 5.41) is 0. The third-order valence-corrected chi connectivity index (χ3v) is 6.17. The molecule has 6 nitrogen and oxygen atoms in total. The number of hydrogen-bond donors (Lipinski definition) is 0. The zero-order valence-corrected chi connectivity index (χ0v) is 18.7. The topological polar surface area (TPSA) is 53.1 Å². The summed E-state index contributed by atoms with van der Waals surface area (Å²) in [4.78, 5) is 29.4. The number of rotatable bonds is 6. The molecule has 190 valence electrons. The Bertz CT molecular complexity index is 849. The summed E-state index contributed by atoms with van der Waals surface area (Å²) in [5.74, 6) is -0.279. The molecule has 0 bridgehead atoms. The van der Waals surface area contributed by atoms with Crippen molar-refractivity contribution in [3.63, 3.8) is 0 Å². The van der Waals surface area contributed by atoms with Crippen molar-refractivity contribution in [2.24, 2.45) is 0 Å². The number of nitrogens with zero attached hydrogens (tertiary/aromatic N) is 3. The molecule has 34 heavy (non-hydrogen) atoms. The van der Waals surface area contributed by atoms with Gasteiger partial charge in [-0.1, -0.05) is 0 Å². The molecule has 2 amide bonds. The Morgan fingerprint density at radius 1 is 1.03 bits per heavy atom. The van der Waals surface area contributed by atoms with Crippen LogP contribution in [-0.2, 0) is 28.3 Å². The largest absolute Gasteiger partial charge is 0.449 e. The van der Waals surface area contributed by atoms with Crippen molar-refractivity contribution in [3.05, 3.63) is 34.9 Å². The Balaban J connectivity index is 1.52. The van der Waals surface area contributed by atoms with E-state index in [1.807, 2.05) is 4.90 Å². The first-order valence-electron chi connectivity index (χ1n) is 11.0. The number of cyclic esters (lactones) is 1. The van der Waals surface area contributed by atoms with E-state index < -0.39 is 23.5 Å². The molecule has 1 aromatic carbocycles. The molecule has 0 spiro atoms. The molecule has 0 N–H and O–H groups in total. The van der Waals surface area contributed by atoms with E-state index in [-0.39, 0.29) is 49.2 Å². The van der Waals surface area contributed by atoms with E-state index in [2.05, 4.69) is 0 Å². The van der Waals surface area contributed by atoms with Gasteiger partial charge < -0.3 is 14.5 Å². The lowest BCUT2D eigenvalue weighted by Crippen LogP contribution is -2.51. The van der Waals surface area contributed by atoms with Gasteiger partial charge in [0.15, 0.2) is 0 Å². The Morgan fingerprint density at radius 3 is 2.15 bits per heavy atom. The number of carbonyl (C=O) groups excluding carboxylic acids is 2. The normalized spacial score (nSPS) is 18.7. The quantitative estimate of drug-likeness (QED) is 0.560. The highest BCUT2D eigenvalue weighted by Crippen LogP contribution is 2.36. The van der Waals surface area contributed by atoms with Gasteiger partial charge in [0.25, 0.3) is 0 Å². The number of halogens is 6. The Morgan fingerprint density at radius 2 is 1.62 bits per heavy atom. The smallest absolute Gasteiger partial charge is 0.416 e. The van der Waals surface area contributed by atoms with Gasteiger partial charge in [-0.05, 0) is 49.4 Å². The van der Waals surface area contributed by atoms with Crippen molar-refractivity contribution in [2.75, 3.05) is 46.4 Å². The van der Waals surface area contributed by atoms with Crippen LogP contribution in [0.3, 0.4) is 0 Å². The lowest BCUT2D eigenvalue weighted by Gasteiger charge is -2.39. The van der Waals surface area contributed by atoms with E-state index in [1.54, 1.807) is 4.90 Å². The maximum atomic E-state index is 13.0. The van der Waals surface area contributed by atoms with Gasteiger partial charge in [-0.2, -0.15) is 26.3 Å². The number of ether oxygens (including phenoxy) is 1. The van der Waals surface area contributed by atoms with E-state index in [0.29, 0.717) is 51.2 Å². The maximum absolute atomic E-state index is 13.0. The van der Waals surface area contributed by atoms with Gasteiger partial charge >= 0.3 is 18.4 Å². The number of hydrogen-bond acceptors (Lipinski definition) is 4. The molecule has 2 aliphatic heterocycles. The van der Waals surface area contributed by atoms with Crippen molar-refractivity contribution >= 4 is 12.0 Å². The number of likely N-dealkylation sites (tertiary alicyclic amines) is 1. The zero-order chi connectivity index (χ0) is 25.1.